The fourth-order valence-corrected chi connectivity index (χ4v) is 3.99. The lowest BCUT2D eigenvalue weighted by Gasteiger charge is -2.11. The van der Waals surface area contributed by atoms with Gasteiger partial charge in [-0.05, 0) is 78.4 Å². The summed E-state index contributed by atoms with van der Waals surface area (Å²) in [6, 6.07) is 30.7. The molecule has 0 N–H and O–H groups in total. The van der Waals surface area contributed by atoms with Gasteiger partial charge in [-0.3, -0.25) is 4.79 Å². The fraction of sp³-hybridized carbons (Fsp3) is 0.0625. The van der Waals surface area contributed by atoms with Crippen LogP contribution < -0.4 is 9.47 Å². The van der Waals surface area contributed by atoms with Crippen molar-refractivity contribution in [3.63, 3.8) is 0 Å². The van der Waals surface area contributed by atoms with Gasteiger partial charge in [-0.25, -0.2) is 0 Å². The van der Waals surface area contributed by atoms with E-state index in [4.69, 9.17) is 21.0 Å². The van der Waals surface area contributed by atoms with Crippen LogP contribution in [0, 0.1) is 19.3 Å². The van der Waals surface area contributed by atoms with E-state index in [1.165, 1.54) is 6.08 Å². The van der Waals surface area contributed by atoms with Crippen LogP contribution in [0.25, 0.3) is 22.5 Å². The van der Waals surface area contributed by atoms with Crippen molar-refractivity contribution in [3.05, 3.63) is 120 Å². The van der Waals surface area contributed by atoms with E-state index in [0.717, 1.165) is 27.7 Å². The zero-order valence-corrected chi connectivity index (χ0v) is 20.3. The fourth-order valence-electron chi connectivity index (χ4n) is 3.99. The average molecular weight is 485 g/mol. The van der Waals surface area contributed by atoms with Crippen LogP contribution in [-0.2, 0) is 0 Å². The molecule has 5 rings (SSSR count). The molecule has 0 saturated carbocycles. The van der Waals surface area contributed by atoms with Crippen molar-refractivity contribution >= 4 is 22.6 Å². The number of aryl methyl sites for hydroxylation is 1. The number of para-hydroxylation sites is 1. The maximum Gasteiger partial charge on any atom is 0.230 e. The SMILES string of the molecule is C#CCOc1ccc(C(=O)/C=C/c2c(C)nn(-c3ccccc3)c2Oc2ccc3ccccc3c2)cc1. The highest BCUT2D eigenvalue weighted by Crippen LogP contribution is 2.33. The van der Waals surface area contributed by atoms with E-state index >= 15 is 0 Å². The molecule has 0 bridgehead atoms. The number of hydrogen-bond acceptors (Lipinski definition) is 4. The third-order valence-corrected chi connectivity index (χ3v) is 5.86. The van der Waals surface area contributed by atoms with E-state index in [0.29, 0.717) is 22.9 Å². The van der Waals surface area contributed by atoms with Crippen molar-refractivity contribution < 1.29 is 14.3 Å². The molecule has 5 nitrogen and oxygen atoms in total. The predicted molar refractivity (Wildman–Crippen MR) is 146 cm³/mol. The number of ketones is 1. The van der Waals surface area contributed by atoms with Crippen molar-refractivity contribution in [1.82, 2.24) is 9.78 Å². The Balaban J connectivity index is 1.49. The van der Waals surface area contributed by atoms with E-state index < -0.39 is 0 Å². The minimum atomic E-state index is -0.146. The summed E-state index contributed by atoms with van der Waals surface area (Å²) in [6.45, 7) is 2.08. The third kappa shape index (κ3) is 5.29. The normalized spacial score (nSPS) is 10.9. The first kappa shape index (κ1) is 23.7. The Labute approximate surface area is 215 Å². The molecular weight excluding hydrogens is 460 g/mol. The Bertz CT molecular complexity index is 1630. The van der Waals surface area contributed by atoms with E-state index in [1.54, 1.807) is 35.0 Å². The second-order valence-electron chi connectivity index (χ2n) is 8.38. The summed E-state index contributed by atoms with van der Waals surface area (Å²) in [7, 11) is 0. The summed E-state index contributed by atoms with van der Waals surface area (Å²) in [5, 5.41) is 6.93. The number of hydrogen-bond donors (Lipinski definition) is 0. The first-order chi connectivity index (χ1) is 18.1. The molecule has 5 heteroatoms. The van der Waals surface area contributed by atoms with E-state index in [-0.39, 0.29) is 12.4 Å². The maximum atomic E-state index is 12.9. The molecule has 5 aromatic rings. The highest BCUT2D eigenvalue weighted by atomic mass is 16.5. The summed E-state index contributed by atoms with van der Waals surface area (Å²) in [4.78, 5) is 12.9. The summed E-state index contributed by atoms with van der Waals surface area (Å²) >= 11 is 0. The third-order valence-electron chi connectivity index (χ3n) is 5.86. The topological polar surface area (TPSA) is 53.3 Å². The van der Waals surface area contributed by atoms with Crippen LogP contribution in [0.3, 0.4) is 0 Å². The van der Waals surface area contributed by atoms with Crippen LogP contribution in [0.15, 0.2) is 103 Å². The molecule has 37 heavy (non-hydrogen) atoms. The molecule has 0 unspecified atom stereocenters. The van der Waals surface area contributed by atoms with Crippen molar-refractivity contribution in [2.45, 2.75) is 6.92 Å². The molecule has 1 aromatic heterocycles. The standard InChI is InChI=1S/C32H24N2O3/c1-3-21-36-28-16-14-25(15-17-28)31(35)20-19-30-23(2)33-34(27-11-5-4-6-12-27)32(30)37-29-18-13-24-9-7-8-10-26(24)22-29/h1,4-20,22H,21H2,2H3/b20-19+. The van der Waals surface area contributed by atoms with Crippen molar-refractivity contribution in [1.29, 1.82) is 0 Å². The Hall–Kier alpha value is -5.08. The van der Waals surface area contributed by atoms with Gasteiger partial charge >= 0.3 is 0 Å². The van der Waals surface area contributed by atoms with Gasteiger partial charge in [-0.2, -0.15) is 9.78 Å². The molecule has 0 saturated heterocycles. The van der Waals surface area contributed by atoms with E-state index in [1.807, 2.05) is 73.7 Å². The van der Waals surface area contributed by atoms with Crippen LogP contribution >= 0.6 is 0 Å². The summed E-state index contributed by atoms with van der Waals surface area (Å²) in [5.41, 5.74) is 2.85. The maximum absolute atomic E-state index is 12.9. The largest absolute Gasteiger partial charge is 0.481 e. The number of nitrogens with zero attached hydrogens (tertiary/aromatic N) is 2. The Kier molecular flexibility index (Phi) is 6.82. The second-order valence-corrected chi connectivity index (χ2v) is 8.38. The van der Waals surface area contributed by atoms with Crippen LogP contribution in [0.5, 0.6) is 17.4 Å². The number of allylic oxidation sites excluding steroid dienone is 1. The quantitative estimate of drug-likeness (QED) is 0.135. The van der Waals surface area contributed by atoms with Gasteiger partial charge in [-0.1, -0.05) is 54.5 Å². The molecule has 1 heterocycles. The molecule has 0 atom stereocenters. The number of rotatable bonds is 8. The molecular formula is C32H24N2O3. The molecule has 4 aromatic carbocycles. The van der Waals surface area contributed by atoms with Crippen LogP contribution in [0.1, 0.15) is 21.6 Å². The summed E-state index contributed by atoms with van der Waals surface area (Å²) in [6.07, 6.45) is 8.52. The van der Waals surface area contributed by atoms with Gasteiger partial charge in [0.25, 0.3) is 0 Å². The van der Waals surface area contributed by atoms with Gasteiger partial charge in [0.1, 0.15) is 18.1 Å². The molecule has 0 fully saturated rings. The lowest BCUT2D eigenvalue weighted by Crippen LogP contribution is -2.00. The second kappa shape index (κ2) is 10.7. The molecule has 0 aliphatic carbocycles. The number of fused-ring (bicyclic) bond motifs is 1. The van der Waals surface area contributed by atoms with Gasteiger partial charge in [0.15, 0.2) is 5.78 Å². The minimum Gasteiger partial charge on any atom is -0.481 e. The molecule has 0 amide bonds. The summed E-state index contributed by atoms with van der Waals surface area (Å²) in [5.74, 6) is 4.10. The first-order valence-corrected chi connectivity index (χ1v) is 11.8. The van der Waals surface area contributed by atoms with Crippen molar-refractivity contribution in [2.75, 3.05) is 6.61 Å². The smallest absolute Gasteiger partial charge is 0.230 e. The van der Waals surface area contributed by atoms with Crippen molar-refractivity contribution in [2.24, 2.45) is 0 Å². The average Bonchev–Trinajstić information content (AvgIpc) is 3.25. The Morgan fingerprint density at radius 1 is 0.919 bits per heavy atom. The van der Waals surface area contributed by atoms with Crippen LogP contribution in [-0.4, -0.2) is 22.2 Å². The lowest BCUT2D eigenvalue weighted by molar-refractivity contribution is 0.104. The van der Waals surface area contributed by atoms with Gasteiger partial charge in [0.05, 0.1) is 16.9 Å². The Morgan fingerprint density at radius 3 is 2.38 bits per heavy atom. The van der Waals surface area contributed by atoms with E-state index in [9.17, 15) is 4.79 Å². The molecule has 0 spiro atoms. The number of terminal acetylenes is 1. The van der Waals surface area contributed by atoms with Crippen molar-refractivity contribution in [3.8, 4) is 35.4 Å². The number of aromatic nitrogens is 2. The summed E-state index contributed by atoms with van der Waals surface area (Å²) < 4.78 is 13.6. The zero-order valence-electron chi connectivity index (χ0n) is 20.3. The van der Waals surface area contributed by atoms with Gasteiger partial charge in [0, 0.05) is 5.56 Å². The Morgan fingerprint density at radius 2 is 1.62 bits per heavy atom. The molecule has 180 valence electrons. The number of ether oxygens (including phenoxy) is 2. The van der Waals surface area contributed by atoms with Gasteiger partial charge in [0.2, 0.25) is 5.88 Å². The minimum absolute atomic E-state index is 0.146. The monoisotopic (exact) mass is 484 g/mol. The highest BCUT2D eigenvalue weighted by Gasteiger charge is 2.18. The van der Waals surface area contributed by atoms with Crippen LogP contribution in [0.2, 0.25) is 0 Å². The predicted octanol–water partition coefficient (Wildman–Crippen LogP) is 7.03. The number of carbonyl (C=O) groups is 1. The molecule has 0 aliphatic rings. The molecule has 0 aliphatic heterocycles. The van der Waals surface area contributed by atoms with Gasteiger partial charge in [-0.15, -0.1) is 6.42 Å². The first-order valence-electron chi connectivity index (χ1n) is 11.8. The molecule has 0 radical (unpaired) electrons. The number of carbonyl (C=O) groups excluding carboxylic acids is 1. The zero-order chi connectivity index (χ0) is 25.6. The van der Waals surface area contributed by atoms with Gasteiger partial charge < -0.3 is 9.47 Å². The van der Waals surface area contributed by atoms with Crippen LogP contribution in [0.4, 0.5) is 0 Å². The number of benzene rings is 4. The highest BCUT2D eigenvalue weighted by molar-refractivity contribution is 6.07. The van der Waals surface area contributed by atoms with E-state index in [2.05, 4.69) is 12.0 Å². The lowest BCUT2D eigenvalue weighted by atomic mass is 10.1.